The molecular formula is C52H35NS. The quantitative estimate of drug-likeness (QED) is 0.160. The summed E-state index contributed by atoms with van der Waals surface area (Å²) in [6.07, 6.45) is 0. The van der Waals surface area contributed by atoms with Crippen LogP contribution < -0.4 is 4.90 Å². The van der Waals surface area contributed by atoms with E-state index in [9.17, 15) is 0 Å². The monoisotopic (exact) mass is 705 g/mol. The molecule has 1 aromatic heterocycles. The lowest BCUT2D eigenvalue weighted by atomic mass is 9.93. The van der Waals surface area contributed by atoms with Gasteiger partial charge in [0.25, 0.3) is 0 Å². The Morgan fingerprint density at radius 1 is 0.315 bits per heavy atom. The van der Waals surface area contributed by atoms with Gasteiger partial charge in [-0.2, -0.15) is 0 Å². The predicted molar refractivity (Wildman–Crippen MR) is 233 cm³/mol. The van der Waals surface area contributed by atoms with E-state index in [2.05, 4.69) is 217 Å². The van der Waals surface area contributed by atoms with Gasteiger partial charge in [-0.15, -0.1) is 11.3 Å². The average Bonchev–Trinajstić information content (AvgIpc) is 3.63. The van der Waals surface area contributed by atoms with Crippen LogP contribution in [0, 0.1) is 0 Å². The first-order valence-electron chi connectivity index (χ1n) is 18.4. The van der Waals surface area contributed by atoms with E-state index < -0.39 is 0 Å². The molecule has 0 spiro atoms. The molecule has 0 aliphatic carbocycles. The Morgan fingerprint density at radius 2 is 0.889 bits per heavy atom. The van der Waals surface area contributed by atoms with Gasteiger partial charge in [-0.3, -0.25) is 0 Å². The van der Waals surface area contributed by atoms with E-state index in [0.717, 1.165) is 11.4 Å². The Labute approximate surface area is 319 Å². The van der Waals surface area contributed by atoms with Crippen molar-refractivity contribution in [2.45, 2.75) is 0 Å². The Kier molecular flexibility index (Phi) is 8.09. The Balaban J connectivity index is 1.16. The number of hydrogen-bond acceptors (Lipinski definition) is 2. The van der Waals surface area contributed by atoms with Gasteiger partial charge < -0.3 is 4.90 Å². The van der Waals surface area contributed by atoms with Crippen molar-refractivity contribution in [1.29, 1.82) is 0 Å². The highest BCUT2D eigenvalue weighted by atomic mass is 32.1. The summed E-state index contributed by atoms with van der Waals surface area (Å²) < 4.78 is 2.56. The second-order valence-electron chi connectivity index (χ2n) is 13.7. The maximum absolute atomic E-state index is 2.45. The number of fused-ring (bicyclic) bond motifs is 4. The highest BCUT2D eigenvalue weighted by Gasteiger charge is 2.20. The third-order valence-corrected chi connectivity index (χ3v) is 11.7. The minimum atomic E-state index is 1.11. The third-order valence-electron chi connectivity index (χ3n) is 10.5. The molecule has 0 unspecified atom stereocenters. The van der Waals surface area contributed by atoms with E-state index in [0.29, 0.717) is 0 Å². The van der Waals surface area contributed by atoms with Gasteiger partial charge in [0, 0.05) is 26.8 Å². The van der Waals surface area contributed by atoms with Crippen molar-refractivity contribution in [3.63, 3.8) is 0 Å². The first kappa shape index (κ1) is 32.0. The van der Waals surface area contributed by atoms with Gasteiger partial charge in [-0.25, -0.2) is 0 Å². The van der Waals surface area contributed by atoms with Crippen LogP contribution in [0.3, 0.4) is 0 Å². The standard InChI is InChI=1S/C52H35NS/c1-4-13-36(14-5-1)43-27-31-47-48-21-12-22-50(52(48)54-51(47)34-43)53(44-28-25-38(26-29-44)42-24-23-37-15-10-11-20-41(37)33-42)45-30-32-46(39-16-6-2-7-17-39)49(35-45)40-18-8-3-9-19-40/h1-35H. The fourth-order valence-corrected chi connectivity index (χ4v) is 9.01. The zero-order chi connectivity index (χ0) is 35.8. The van der Waals surface area contributed by atoms with Crippen LogP contribution in [0.15, 0.2) is 212 Å². The van der Waals surface area contributed by atoms with Crippen LogP contribution >= 0.6 is 11.3 Å². The summed E-state index contributed by atoms with van der Waals surface area (Å²) in [4.78, 5) is 2.45. The normalized spacial score (nSPS) is 11.3. The molecular weight excluding hydrogens is 671 g/mol. The van der Waals surface area contributed by atoms with Crippen LogP contribution in [0.4, 0.5) is 17.1 Å². The molecule has 0 saturated carbocycles. The van der Waals surface area contributed by atoms with Crippen LogP contribution in [-0.2, 0) is 0 Å². The summed E-state index contributed by atoms with van der Waals surface area (Å²) in [6, 6.07) is 77.1. The fraction of sp³-hybridized carbons (Fsp3) is 0. The minimum Gasteiger partial charge on any atom is -0.309 e. The van der Waals surface area contributed by atoms with Gasteiger partial charge in [-0.1, -0.05) is 170 Å². The van der Waals surface area contributed by atoms with Crippen LogP contribution in [0.25, 0.3) is 75.5 Å². The lowest BCUT2D eigenvalue weighted by Crippen LogP contribution is -2.10. The van der Waals surface area contributed by atoms with Gasteiger partial charge >= 0.3 is 0 Å². The first-order chi connectivity index (χ1) is 26.8. The van der Waals surface area contributed by atoms with Crippen molar-refractivity contribution in [3.05, 3.63) is 212 Å². The van der Waals surface area contributed by atoms with Crippen molar-refractivity contribution in [2.75, 3.05) is 4.90 Å². The Hall–Kier alpha value is -6.74. The van der Waals surface area contributed by atoms with Crippen LogP contribution in [0.5, 0.6) is 0 Å². The first-order valence-corrected chi connectivity index (χ1v) is 19.2. The molecule has 254 valence electrons. The summed E-state index contributed by atoms with van der Waals surface area (Å²) in [5.41, 5.74) is 13.1. The molecule has 0 aliphatic rings. The van der Waals surface area contributed by atoms with Crippen LogP contribution in [-0.4, -0.2) is 0 Å². The van der Waals surface area contributed by atoms with Crippen LogP contribution in [0.1, 0.15) is 0 Å². The predicted octanol–water partition coefficient (Wildman–Crippen LogP) is 15.3. The number of anilines is 3. The molecule has 10 aromatic rings. The lowest BCUT2D eigenvalue weighted by molar-refractivity contribution is 1.30. The Morgan fingerprint density at radius 3 is 1.63 bits per heavy atom. The molecule has 9 aromatic carbocycles. The van der Waals surface area contributed by atoms with Gasteiger partial charge in [0.05, 0.1) is 10.4 Å². The topological polar surface area (TPSA) is 3.24 Å². The van der Waals surface area contributed by atoms with E-state index in [1.807, 2.05) is 11.3 Å². The number of benzene rings is 9. The zero-order valence-electron chi connectivity index (χ0n) is 29.6. The molecule has 0 radical (unpaired) electrons. The molecule has 1 nitrogen and oxygen atoms in total. The summed E-state index contributed by atoms with van der Waals surface area (Å²) >= 11 is 1.87. The third kappa shape index (κ3) is 5.84. The second-order valence-corrected chi connectivity index (χ2v) is 14.8. The largest absolute Gasteiger partial charge is 0.309 e. The molecule has 0 bridgehead atoms. The zero-order valence-corrected chi connectivity index (χ0v) is 30.4. The molecule has 54 heavy (non-hydrogen) atoms. The highest BCUT2D eigenvalue weighted by molar-refractivity contribution is 7.26. The molecule has 0 aliphatic heterocycles. The van der Waals surface area contributed by atoms with E-state index in [1.165, 1.54) is 81.1 Å². The number of rotatable bonds is 7. The van der Waals surface area contributed by atoms with Crippen molar-refractivity contribution >= 4 is 59.3 Å². The van der Waals surface area contributed by atoms with E-state index in [4.69, 9.17) is 0 Å². The SMILES string of the molecule is c1ccc(-c2ccc3c(c2)sc2c(N(c4ccc(-c5ccc6ccccc6c5)cc4)c4ccc(-c5ccccc5)c(-c5ccccc5)c4)cccc23)cc1. The smallest absolute Gasteiger partial charge is 0.0640 e. The van der Waals surface area contributed by atoms with Gasteiger partial charge in [0.15, 0.2) is 0 Å². The van der Waals surface area contributed by atoms with Gasteiger partial charge in [0.1, 0.15) is 0 Å². The van der Waals surface area contributed by atoms with Crippen LogP contribution in [0.2, 0.25) is 0 Å². The van der Waals surface area contributed by atoms with Crippen molar-refractivity contribution in [3.8, 4) is 44.5 Å². The van der Waals surface area contributed by atoms with Gasteiger partial charge in [-0.05, 0) is 97.7 Å². The van der Waals surface area contributed by atoms with Crippen molar-refractivity contribution in [1.82, 2.24) is 0 Å². The average molecular weight is 706 g/mol. The highest BCUT2D eigenvalue weighted by Crippen LogP contribution is 2.47. The van der Waals surface area contributed by atoms with Crippen molar-refractivity contribution in [2.24, 2.45) is 0 Å². The van der Waals surface area contributed by atoms with E-state index in [-0.39, 0.29) is 0 Å². The fourth-order valence-electron chi connectivity index (χ4n) is 7.77. The maximum atomic E-state index is 2.45. The maximum Gasteiger partial charge on any atom is 0.0640 e. The summed E-state index contributed by atoms with van der Waals surface area (Å²) in [7, 11) is 0. The second kappa shape index (κ2) is 13.7. The molecule has 0 amide bonds. The lowest BCUT2D eigenvalue weighted by Gasteiger charge is -2.27. The van der Waals surface area contributed by atoms with E-state index in [1.54, 1.807) is 0 Å². The molecule has 0 saturated heterocycles. The molecule has 1 heterocycles. The molecule has 0 atom stereocenters. The van der Waals surface area contributed by atoms with Gasteiger partial charge in [0.2, 0.25) is 0 Å². The number of hydrogen-bond donors (Lipinski definition) is 0. The Bertz CT molecular complexity index is 2910. The van der Waals surface area contributed by atoms with E-state index >= 15 is 0 Å². The van der Waals surface area contributed by atoms with Crippen molar-refractivity contribution < 1.29 is 0 Å². The minimum absolute atomic E-state index is 1.11. The molecule has 0 fully saturated rings. The summed E-state index contributed by atoms with van der Waals surface area (Å²) in [5, 5.41) is 5.06. The summed E-state index contributed by atoms with van der Waals surface area (Å²) in [5.74, 6) is 0. The molecule has 0 N–H and O–H groups in total. The number of nitrogens with zero attached hydrogens (tertiary/aromatic N) is 1. The molecule has 2 heteroatoms. The molecule has 10 rings (SSSR count). The summed E-state index contributed by atoms with van der Waals surface area (Å²) in [6.45, 7) is 0. The number of thiophene rings is 1.